The Labute approximate surface area is 300 Å². The lowest BCUT2D eigenvalue weighted by molar-refractivity contribution is 1.07. The highest BCUT2D eigenvalue weighted by molar-refractivity contribution is 6.02. The first-order valence-electron chi connectivity index (χ1n) is 17.0. The fraction of sp³-hybridized carbons (Fsp3) is 0. The summed E-state index contributed by atoms with van der Waals surface area (Å²) in [5, 5.41) is 11.7. The van der Waals surface area contributed by atoms with Crippen molar-refractivity contribution in [1.29, 1.82) is 5.26 Å². The van der Waals surface area contributed by atoms with Gasteiger partial charge in [0.1, 0.15) is 0 Å². The summed E-state index contributed by atoms with van der Waals surface area (Å²) in [5.74, 6) is 1.78. The van der Waals surface area contributed by atoms with Gasteiger partial charge < -0.3 is 0 Å². The number of benzene rings is 7. The number of aromatic nitrogens is 5. The van der Waals surface area contributed by atoms with Crippen molar-refractivity contribution in [3.63, 3.8) is 0 Å². The first kappa shape index (κ1) is 30.7. The summed E-state index contributed by atoms with van der Waals surface area (Å²) in [6.45, 7) is 0. The monoisotopic (exact) mass is 664 g/mol. The third-order valence-electron chi connectivity index (χ3n) is 9.20. The molecule has 0 bridgehead atoms. The Kier molecular flexibility index (Phi) is 7.77. The Hall–Kier alpha value is -7.36. The van der Waals surface area contributed by atoms with Crippen molar-refractivity contribution in [3.05, 3.63) is 175 Å². The van der Waals surface area contributed by atoms with Crippen LogP contribution in [0.25, 0.3) is 89.6 Å². The molecule has 242 valence electrons. The Bertz CT molecular complexity index is 2770. The lowest BCUT2D eigenvalue weighted by atomic mass is 9.95. The minimum Gasteiger partial charge on any atom is -0.244 e. The molecule has 6 nitrogen and oxygen atoms in total. The number of hydrogen-bond donors (Lipinski definition) is 0. The molecule has 0 N–H and O–H groups in total. The van der Waals surface area contributed by atoms with E-state index in [2.05, 4.69) is 42.5 Å². The van der Waals surface area contributed by atoms with Crippen LogP contribution < -0.4 is 0 Å². The van der Waals surface area contributed by atoms with Crippen LogP contribution in [0, 0.1) is 11.3 Å². The molecule has 52 heavy (non-hydrogen) atoms. The molecule has 0 fully saturated rings. The molecule has 7 aromatic carbocycles. The molecule has 2 heterocycles. The van der Waals surface area contributed by atoms with E-state index in [1.165, 1.54) is 0 Å². The zero-order valence-corrected chi connectivity index (χ0v) is 27.8. The second-order valence-corrected chi connectivity index (χ2v) is 12.4. The van der Waals surface area contributed by atoms with E-state index in [4.69, 9.17) is 24.9 Å². The first-order chi connectivity index (χ1) is 25.7. The number of rotatable bonds is 6. The van der Waals surface area contributed by atoms with Crippen molar-refractivity contribution in [1.82, 2.24) is 24.9 Å². The van der Waals surface area contributed by atoms with Gasteiger partial charge in [0.05, 0.1) is 34.1 Å². The quantitative estimate of drug-likeness (QED) is 0.176. The first-order valence-corrected chi connectivity index (χ1v) is 17.0. The van der Waals surface area contributed by atoms with Crippen LogP contribution >= 0.6 is 0 Å². The number of para-hydroxylation sites is 2. The van der Waals surface area contributed by atoms with Crippen LogP contribution in [-0.4, -0.2) is 24.9 Å². The van der Waals surface area contributed by atoms with E-state index < -0.39 is 0 Å². The zero-order valence-electron chi connectivity index (χ0n) is 27.8. The summed E-state index contributed by atoms with van der Waals surface area (Å²) in [7, 11) is 0. The molecule has 0 spiro atoms. The van der Waals surface area contributed by atoms with Crippen molar-refractivity contribution in [2.75, 3.05) is 0 Å². The number of hydrogen-bond acceptors (Lipinski definition) is 6. The Morgan fingerprint density at radius 1 is 0.327 bits per heavy atom. The van der Waals surface area contributed by atoms with Crippen LogP contribution in [-0.2, 0) is 0 Å². The van der Waals surface area contributed by atoms with Crippen molar-refractivity contribution >= 4 is 21.8 Å². The predicted molar refractivity (Wildman–Crippen MR) is 208 cm³/mol. The molecule has 0 aliphatic rings. The van der Waals surface area contributed by atoms with E-state index in [9.17, 15) is 5.26 Å². The Morgan fingerprint density at radius 3 is 1.33 bits per heavy atom. The summed E-state index contributed by atoms with van der Waals surface area (Å²) in [6.07, 6.45) is 0. The van der Waals surface area contributed by atoms with Gasteiger partial charge in [-0.25, -0.2) is 24.9 Å². The molecular weight excluding hydrogens is 637 g/mol. The van der Waals surface area contributed by atoms with E-state index in [1.807, 2.05) is 133 Å². The summed E-state index contributed by atoms with van der Waals surface area (Å²) < 4.78 is 0. The van der Waals surface area contributed by atoms with Gasteiger partial charge in [-0.05, 0) is 34.7 Å². The van der Waals surface area contributed by atoms with Gasteiger partial charge in [0, 0.05) is 33.2 Å². The van der Waals surface area contributed by atoms with Gasteiger partial charge in [-0.2, -0.15) is 5.26 Å². The van der Waals surface area contributed by atoms with Crippen molar-refractivity contribution in [3.8, 4) is 73.9 Å². The van der Waals surface area contributed by atoms with E-state index in [1.54, 1.807) is 0 Å². The molecule has 0 unspecified atom stereocenters. The highest BCUT2D eigenvalue weighted by atomic mass is 15.0. The van der Waals surface area contributed by atoms with Gasteiger partial charge in [0.25, 0.3) is 0 Å². The molecule has 0 saturated carbocycles. The smallest absolute Gasteiger partial charge is 0.164 e. The third kappa shape index (κ3) is 5.73. The second kappa shape index (κ2) is 13.2. The summed E-state index contributed by atoms with van der Waals surface area (Å²) >= 11 is 0. The van der Waals surface area contributed by atoms with Crippen molar-refractivity contribution in [2.45, 2.75) is 0 Å². The summed E-state index contributed by atoms with van der Waals surface area (Å²) in [5.41, 5.74) is 10.5. The number of nitrogens with zero attached hydrogens (tertiary/aromatic N) is 6. The average Bonchev–Trinajstić information content (AvgIpc) is 3.23. The third-order valence-corrected chi connectivity index (χ3v) is 9.20. The Balaban J connectivity index is 1.15. The molecule has 0 atom stereocenters. The summed E-state index contributed by atoms with van der Waals surface area (Å²) in [4.78, 5) is 25.1. The van der Waals surface area contributed by atoms with Gasteiger partial charge >= 0.3 is 0 Å². The number of nitriles is 1. The van der Waals surface area contributed by atoms with E-state index in [0.29, 0.717) is 23.0 Å². The molecule has 0 amide bonds. The van der Waals surface area contributed by atoms with Gasteiger partial charge in [-0.3, -0.25) is 0 Å². The molecule has 9 rings (SSSR count). The topological polar surface area (TPSA) is 88.2 Å². The molecule has 0 aliphatic carbocycles. The predicted octanol–water partition coefficient (Wildman–Crippen LogP) is 10.8. The Morgan fingerprint density at radius 2 is 0.750 bits per heavy atom. The molecule has 9 aromatic rings. The SMILES string of the molecule is N#Cc1ccc(-c2nc3ccccc3nc2-c2ccc(-c3nc(-c4ccccc4)nc(-c4ccc(-c5ccccc5)cc4)n3)cc2)c2ccccc12. The van der Waals surface area contributed by atoms with Crippen LogP contribution in [0.3, 0.4) is 0 Å². The van der Waals surface area contributed by atoms with E-state index in [-0.39, 0.29) is 0 Å². The van der Waals surface area contributed by atoms with Crippen molar-refractivity contribution in [2.24, 2.45) is 0 Å². The fourth-order valence-electron chi connectivity index (χ4n) is 6.56. The lowest BCUT2D eigenvalue weighted by Gasteiger charge is -2.14. The highest BCUT2D eigenvalue weighted by Gasteiger charge is 2.18. The van der Waals surface area contributed by atoms with Crippen LogP contribution in [0.5, 0.6) is 0 Å². The maximum atomic E-state index is 9.82. The molecule has 0 radical (unpaired) electrons. The zero-order chi connectivity index (χ0) is 34.9. The highest BCUT2D eigenvalue weighted by Crippen LogP contribution is 2.37. The van der Waals surface area contributed by atoms with E-state index >= 15 is 0 Å². The fourth-order valence-corrected chi connectivity index (χ4v) is 6.56. The van der Waals surface area contributed by atoms with Crippen LogP contribution in [0.1, 0.15) is 5.56 Å². The van der Waals surface area contributed by atoms with Crippen LogP contribution in [0.15, 0.2) is 170 Å². The summed E-state index contributed by atoms with van der Waals surface area (Å²) in [6, 6.07) is 58.8. The van der Waals surface area contributed by atoms with Gasteiger partial charge in [-0.1, -0.05) is 152 Å². The maximum Gasteiger partial charge on any atom is 0.164 e. The largest absolute Gasteiger partial charge is 0.244 e. The lowest BCUT2D eigenvalue weighted by Crippen LogP contribution is -2.00. The molecule has 0 aliphatic heterocycles. The van der Waals surface area contributed by atoms with Gasteiger partial charge in [-0.15, -0.1) is 0 Å². The van der Waals surface area contributed by atoms with E-state index in [0.717, 1.165) is 72.1 Å². The maximum absolute atomic E-state index is 9.82. The molecule has 0 saturated heterocycles. The van der Waals surface area contributed by atoms with Gasteiger partial charge in [0.2, 0.25) is 0 Å². The van der Waals surface area contributed by atoms with Gasteiger partial charge in [0.15, 0.2) is 17.5 Å². The molecule has 6 heteroatoms. The standard InChI is InChI=1S/C46H28N6/c47-29-36-27-28-39(38-16-8-7-15-37(36)38)43-42(48-40-17-9-10-18-41(40)49-43)32-21-25-35(26-22-32)46-51-44(33-13-5-2-6-14-33)50-45(52-46)34-23-19-31(20-24-34)30-11-3-1-4-12-30/h1-28H. The minimum atomic E-state index is 0.574. The molecular formula is C46H28N6. The normalized spacial score (nSPS) is 11.1. The minimum absolute atomic E-state index is 0.574. The molecule has 2 aromatic heterocycles. The number of fused-ring (bicyclic) bond motifs is 2. The van der Waals surface area contributed by atoms with Crippen LogP contribution in [0.2, 0.25) is 0 Å². The van der Waals surface area contributed by atoms with Crippen LogP contribution in [0.4, 0.5) is 0 Å². The average molecular weight is 665 g/mol. The second-order valence-electron chi connectivity index (χ2n) is 12.4. The van der Waals surface area contributed by atoms with Crippen molar-refractivity contribution < 1.29 is 0 Å².